The van der Waals surface area contributed by atoms with Crippen LogP contribution in [0.5, 0.6) is 0 Å². The molecule has 0 saturated carbocycles. The van der Waals surface area contributed by atoms with Gasteiger partial charge in [-0.1, -0.05) is 31.2 Å². The van der Waals surface area contributed by atoms with Gasteiger partial charge in [-0.15, -0.1) is 0 Å². The van der Waals surface area contributed by atoms with Crippen molar-refractivity contribution < 1.29 is 9.90 Å². The number of hydrogen-bond donors (Lipinski definition) is 1. The summed E-state index contributed by atoms with van der Waals surface area (Å²) in [4.78, 5) is 13.3. The fourth-order valence-corrected chi connectivity index (χ4v) is 2.67. The highest BCUT2D eigenvalue weighted by atomic mass is 16.4. The summed E-state index contributed by atoms with van der Waals surface area (Å²) in [5.74, 6) is -0.869. The van der Waals surface area contributed by atoms with Crippen molar-refractivity contribution in [1.82, 2.24) is 4.90 Å². The lowest BCUT2D eigenvalue weighted by molar-refractivity contribution is -0.142. The minimum absolute atomic E-state index is 0.133. The molecule has 18 heavy (non-hydrogen) atoms. The van der Waals surface area contributed by atoms with Gasteiger partial charge in [0.1, 0.15) is 0 Å². The molecule has 2 atom stereocenters. The minimum Gasteiger partial charge on any atom is -0.481 e. The quantitative estimate of drug-likeness (QED) is 0.889. The minimum atomic E-state index is -0.661. The molecule has 1 fully saturated rings. The van der Waals surface area contributed by atoms with Crippen LogP contribution in [0.1, 0.15) is 31.4 Å². The van der Waals surface area contributed by atoms with E-state index in [0.29, 0.717) is 0 Å². The fourth-order valence-electron chi connectivity index (χ4n) is 2.67. The molecule has 1 N–H and O–H groups in total. The van der Waals surface area contributed by atoms with Crippen molar-refractivity contribution in [3.8, 4) is 0 Å². The summed E-state index contributed by atoms with van der Waals surface area (Å²) in [5.41, 5.74) is 2.61. The molecule has 0 amide bonds. The maximum absolute atomic E-state index is 11.1. The second-order valence-electron chi connectivity index (χ2n) is 5.11. The Bertz CT molecular complexity index is 413. The molecular weight excluding hydrogens is 226 g/mol. The monoisotopic (exact) mass is 247 g/mol. The van der Waals surface area contributed by atoms with Crippen molar-refractivity contribution in [3.63, 3.8) is 0 Å². The van der Waals surface area contributed by atoms with Gasteiger partial charge in [-0.05, 0) is 37.4 Å². The van der Waals surface area contributed by atoms with Crippen LogP contribution >= 0.6 is 0 Å². The van der Waals surface area contributed by atoms with Gasteiger partial charge in [-0.2, -0.15) is 0 Å². The van der Waals surface area contributed by atoms with E-state index >= 15 is 0 Å². The topological polar surface area (TPSA) is 40.5 Å². The van der Waals surface area contributed by atoms with Gasteiger partial charge >= 0.3 is 5.97 Å². The van der Waals surface area contributed by atoms with Crippen LogP contribution in [0.3, 0.4) is 0 Å². The molecule has 2 unspecified atom stereocenters. The van der Waals surface area contributed by atoms with Crippen molar-refractivity contribution in [2.24, 2.45) is 5.92 Å². The standard InChI is InChI=1S/C15H21NO2/c1-3-12-4-6-13(7-5-12)10-16-9-8-14(11(16)2)15(17)18/h4-7,11,14H,3,8-10H2,1-2H3,(H,17,18). The Balaban J connectivity index is 1.99. The molecule has 0 radical (unpaired) electrons. The average Bonchev–Trinajstić information content (AvgIpc) is 2.72. The zero-order valence-electron chi connectivity index (χ0n) is 11.1. The molecule has 1 aliphatic rings. The first-order valence-electron chi connectivity index (χ1n) is 6.66. The van der Waals surface area contributed by atoms with Crippen LogP contribution < -0.4 is 0 Å². The highest BCUT2D eigenvalue weighted by Gasteiger charge is 2.35. The first-order valence-corrected chi connectivity index (χ1v) is 6.66. The number of nitrogens with zero attached hydrogens (tertiary/aromatic N) is 1. The first-order chi connectivity index (χ1) is 8.61. The van der Waals surface area contributed by atoms with E-state index in [4.69, 9.17) is 5.11 Å². The SMILES string of the molecule is CCc1ccc(CN2CCC(C(=O)O)C2C)cc1. The zero-order chi connectivity index (χ0) is 13.1. The predicted molar refractivity (Wildman–Crippen MR) is 71.4 cm³/mol. The third-order valence-electron chi connectivity index (χ3n) is 4.02. The van der Waals surface area contributed by atoms with Crippen LogP contribution in [0.4, 0.5) is 0 Å². The summed E-state index contributed by atoms with van der Waals surface area (Å²) in [5, 5.41) is 9.11. The molecule has 98 valence electrons. The van der Waals surface area contributed by atoms with E-state index < -0.39 is 5.97 Å². The molecule has 3 heteroatoms. The number of carboxylic acid groups (broad SMARTS) is 1. The molecule has 1 aliphatic heterocycles. The van der Waals surface area contributed by atoms with Crippen molar-refractivity contribution in [3.05, 3.63) is 35.4 Å². The highest BCUT2D eigenvalue weighted by molar-refractivity contribution is 5.71. The van der Waals surface area contributed by atoms with Gasteiger partial charge in [0.25, 0.3) is 0 Å². The summed E-state index contributed by atoms with van der Waals surface area (Å²) >= 11 is 0. The average molecular weight is 247 g/mol. The van der Waals surface area contributed by atoms with Gasteiger partial charge < -0.3 is 5.11 Å². The van der Waals surface area contributed by atoms with E-state index in [2.05, 4.69) is 36.1 Å². The smallest absolute Gasteiger partial charge is 0.308 e. The summed E-state index contributed by atoms with van der Waals surface area (Å²) < 4.78 is 0. The number of aliphatic carboxylic acids is 1. The van der Waals surface area contributed by atoms with Gasteiger partial charge in [-0.25, -0.2) is 0 Å². The molecule has 0 aromatic heterocycles. The van der Waals surface area contributed by atoms with Gasteiger partial charge in [0.15, 0.2) is 0 Å². The zero-order valence-corrected chi connectivity index (χ0v) is 11.1. The summed E-state index contributed by atoms with van der Waals surface area (Å²) in [7, 11) is 0. The Morgan fingerprint density at radius 2 is 1.94 bits per heavy atom. The first kappa shape index (κ1) is 13.1. The number of benzene rings is 1. The van der Waals surface area contributed by atoms with E-state index in [-0.39, 0.29) is 12.0 Å². The molecule has 3 nitrogen and oxygen atoms in total. The highest BCUT2D eigenvalue weighted by Crippen LogP contribution is 2.26. The van der Waals surface area contributed by atoms with Crippen LogP contribution in [-0.2, 0) is 17.8 Å². The Labute approximate surface area is 108 Å². The molecule has 1 heterocycles. The molecule has 2 rings (SSSR count). The van der Waals surface area contributed by atoms with Gasteiger partial charge in [0.05, 0.1) is 5.92 Å². The molecule has 0 bridgehead atoms. The number of aryl methyl sites for hydroxylation is 1. The largest absolute Gasteiger partial charge is 0.481 e. The second kappa shape index (κ2) is 5.53. The van der Waals surface area contributed by atoms with Gasteiger partial charge in [0.2, 0.25) is 0 Å². The van der Waals surface area contributed by atoms with E-state index in [1.54, 1.807) is 0 Å². The molecule has 1 aromatic rings. The van der Waals surface area contributed by atoms with Crippen LogP contribution in [0, 0.1) is 5.92 Å². The number of rotatable bonds is 4. The summed E-state index contributed by atoms with van der Waals surface area (Å²) in [6.07, 6.45) is 1.82. The lowest BCUT2D eigenvalue weighted by Crippen LogP contribution is -2.32. The second-order valence-corrected chi connectivity index (χ2v) is 5.11. The van der Waals surface area contributed by atoms with Crippen molar-refractivity contribution in [1.29, 1.82) is 0 Å². The third-order valence-corrected chi connectivity index (χ3v) is 4.02. The van der Waals surface area contributed by atoms with Crippen molar-refractivity contribution in [2.75, 3.05) is 6.54 Å². The van der Waals surface area contributed by atoms with E-state index in [0.717, 1.165) is 25.9 Å². The summed E-state index contributed by atoms with van der Waals surface area (Å²) in [6.45, 7) is 5.91. The molecule has 0 spiro atoms. The summed E-state index contributed by atoms with van der Waals surface area (Å²) in [6, 6.07) is 8.75. The number of hydrogen-bond acceptors (Lipinski definition) is 2. The van der Waals surface area contributed by atoms with Crippen LogP contribution in [0.15, 0.2) is 24.3 Å². The maximum Gasteiger partial charge on any atom is 0.308 e. The Hall–Kier alpha value is -1.35. The van der Waals surface area contributed by atoms with E-state index in [1.807, 2.05) is 6.92 Å². The number of carbonyl (C=O) groups is 1. The predicted octanol–water partition coefficient (Wildman–Crippen LogP) is 2.54. The number of carboxylic acids is 1. The Morgan fingerprint density at radius 3 is 2.44 bits per heavy atom. The maximum atomic E-state index is 11.1. The van der Waals surface area contributed by atoms with Crippen LogP contribution in [-0.4, -0.2) is 28.6 Å². The molecule has 0 aliphatic carbocycles. The molecule has 1 aromatic carbocycles. The molecular formula is C15H21NO2. The lowest BCUT2D eigenvalue weighted by atomic mass is 10.0. The van der Waals surface area contributed by atoms with Gasteiger partial charge in [-0.3, -0.25) is 9.69 Å². The van der Waals surface area contributed by atoms with E-state index in [1.165, 1.54) is 11.1 Å². The van der Waals surface area contributed by atoms with Crippen LogP contribution in [0.25, 0.3) is 0 Å². The molecule has 1 saturated heterocycles. The Kier molecular flexibility index (Phi) is 4.02. The van der Waals surface area contributed by atoms with Crippen molar-refractivity contribution >= 4 is 5.97 Å². The fraction of sp³-hybridized carbons (Fsp3) is 0.533. The third kappa shape index (κ3) is 2.72. The lowest BCUT2D eigenvalue weighted by Gasteiger charge is -2.23. The van der Waals surface area contributed by atoms with Gasteiger partial charge in [0, 0.05) is 12.6 Å². The number of likely N-dealkylation sites (tertiary alicyclic amines) is 1. The van der Waals surface area contributed by atoms with E-state index in [9.17, 15) is 4.79 Å². The Morgan fingerprint density at radius 1 is 1.33 bits per heavy atom. The van der Waals surface area contributed by atoms with Crippen molar-refractivity contribution in [2.45, 2.75) is 39.3 Å². The van der Waals surface area contributed by atoms with Crippen LogP contribution in [0.2, 0.25) is 0 Å². The normalized spacial score (nSPS) is 24.3.